The van der Waals surface area contributed by atoms with Gasteiger partial charge in [-0.3, -0.25) is 4.79 Å². The van der Waals surface area contributed by atoms with Crippen molar-refractivity contribution in [3.8, 4) is 0 Å². The first-order valence-electron chi connectivity index (χ1n) is 6.40. The van der Waals surface area contributed by atoms with Crippen LogP contribution in [0.4, 0.5) is 5.69 Å². The standard InChI is InChI=1S/C14H20N2O2/c1-9(8-17)10(2)16-14(18)12-3-4-13-11(7-12)5-6-15-13/h3-4,7,9-10,15,17H,5-6,8H2,1-2H3,(H,16,18). The molecule has 18 heavy (non-hydrogen) atoms. The number of anilines is 1. The van der Waals surface area contributed by atoms with E-state index in [2.05, 4.69) is 10.6 Å². The summed E-state index contributed by atoms with van der Waals surface area (Å²) < 4.78 is 0. The molecular weight excluding hydrogens is 228 g/mol. The lowest BCUT2D eigenvalue weighted by molar-refractivity contribution is 0.0916. The zero-order valence-electron chi connectivity index (χ0n) is 10.9. The molecule has 1 amide bonds. The topological polar surface area (TPSA) is 61.4 Å². The molecule has 0 bridgehead atoms. The minimum atomic E-state index is -0.0718. The van der Waals surface area contributed by atoms with Crippen molar-refractivity contribution in [1.29, 1.82) is 0 Å². The summed E-state index contributed by atoms with van der Waals surface area (Å²) in [5.74, 6) is -0.0115. The average Bonchev–Trinajstić information content (AvgIpc) is 2.84. The summed E-state index contributed by atoms with van der Waals surface area (Å²) >= 11 is 0. The van der Waals surface area contributed by atoms with Gasteiger partial charge in [0.05, 0.1) is 0 Å². The Morgan fingerprint density at radius 2 is 2.28 bits per heavy atom. The largest absolute Gasteiger partial charge is 0.396 e. The van der Waals surface area contributed by atoms with Gasteiger partial charge in [0.15, 0.2) is 0 Å². The number of carbonyl (C=O) groups excluding carboxylic acids is 1. The summed E-state index contributed by atoms with van der Waals surface area (Å²) in [5, 5.41) is 15.2. The minimum Gasteiger partial charge on any atom is -0.396 e. The number of nitrogens with one attached hydrogen (secondary N) is 2. The average molecular weight is 248 g/mol. The van der Waals surface area contributed by atoms with Crippen molar-refractivity contribution < 1.29 is 9.90 Å². The Kier molecular flexibility index (Phi) is 3.87. The van der Waals surface area contributed by atoms with Crippen LogP contribution in [0, 0.1) is 5.92 Å². The van der Waals surface area contributed by atoms with Gasteiger partial charge in [0.25, 0.3) is 5.91 Å². The second kappa shape index (κ2) is 5.40. The van der Waals surface area contributed by atoms with E-state index >= 15 is 0 Å². The minimum absolute atomic E-state index is 0.0334. The monoisotopic (exact) mass is 248 g/mol. The van der Waals surface area contributed by atoms with Crippen molar-refractivity contribution in [1.82, 2.24) is 5.32 Å². The van der Waals surface area contributed by atoms with E-state index in [1.165, 1.54) is 5.56 Å². The Balaban J connectivity index is 2.05. The Hall–Kier alpha value is -1.55. The molecule has 1 aliphatic heterocycles. The molecule has 1 aliphatic rings. The molecule has 3 N–H and O–H groups in total. The molecule has 2 atom stereocenters. The van der Waals surface area contributed by atoms with Gasteiger partial charge < -0.3 is 15.7 Å². The maximum atomic E-state index is 12.1. The van der Waals surface area contributed by atoms with Gasteiger partial charge in [-0.1, -0.05) is 6.92 Å². The van der Waals surface area contributed by atoms with Crippen LogP contribution < -0.4 is 10.6 Å². The summed E-state index contributed by atoms with van der Waals surface area (Å²) in [4.78, 5) is 12.1. The summed E-state index contributed by atoms with van der Waals surface area (Å²) in [6.45, 7) is 4.85. The quantitative estimate of drug-likeness (QED) is 0.755. The Labute approximate surface area is 107 Å². The lowest BCUT2D eigenvalue weighted by atomic mass is 10.0. The van der Waals surface area contributed by atoms with Crippen molar-refractivity contribution >= 4 is 11.6 Å². The predicted molar refractivity (Wildman–Crippen MR) is 71.8 cm³/mol. The van der Waals surface area contributed by atoms with Crippen LogP contribution in [0.5, 0.6) is 0 Å². The highest BCUT2D eigenvalue weighted by atomic mass is 16.3. The molecule has 0 aliphatic carbocycles. The van der Waals surface area contributed by atoms with Crippen molar-refractivity contribution in [2.75, 3.05) is 18.5 Å². The van der Waals surface area contributed by atoms with Gasteiger partial charge in [-0.05, 0) is 43.0 Å². The fraction of sp³-hybridized carbons (Fsp3) is 0.500. The smallest absolute Gasteiger partial charge is 0.251 e. The molecule has 4 heteroatoms. The molecule has 98 valence electrons. The molecule has 2 rings (SSSR count). The van der Waals surface area contributed by atoms with Gasteiger partial charge in [0, 0.05) is 30.4 Å². The van der Waals surface area contributed by atoms with Gasteiger partial charge >= 0.3 is 0 Å². The second-order valence-corrected chi connectivity index (χ2v) is 4.97. The highest BCUT2D eigenvalue weighted by Crippen LogP contribution is 2.23. The zero-order valence-corrected chi connectivity index (χ0v) is 10.9. The van der Waals surface area contributed by atoms with Crippen molar-refractivity contribution in [3.05, 3.63) is 29.3 Å². The normalized spacial score (nSPS) is 16.6. The molecule has 0 saturated carbocycles. The third kappa shape index (κ3) is 2.64. The number of hydrogen-bond donors (Lipinski definition) is 3. The summed E-state index contributed by atoms with van der Waals surface area (Å²) in [5.41, 5.74) is 3.02. The molecule has 0 spiro atoms. The first-order valence-corrected chi connectivity index (χ1v) is 6.40. The molecule has 2 unspecified atom stereocenters. The molecule has 0 fully saturated rings. The maximum Gasteiger partial charge on any atom is 0.251 e. The number of rotatable bonds is 4. The van der Waals surface area contributed by atoms with E-state index in [-0.39, 0.29) is 24.5 Å². The number of aliphatic hydroxyl groups is 1. The zero-order chi connectivity index (χ0) is 13.1. The summed E-state index contributed by atoms with van der Waals surface area (Å²) in [7, 11) is 0. The number of amides is 1. The summed E-state index contributed by atoms with van der Waals surface area (Å²) in [6.07, 6.45) is 0.971. The van der Waals surface area contributed by atoms with Crippen LogP contribution in [0.15, 0.2) is 18.2 Å². The van der Waals surface area contributed by atoms with E-state index < -0.39 is 0 Å². The van der Waals surface area contributed by atoms with Crippen LogP contribution in [0.2, 0.25) is 0 Å². The first kappa shape index (κ1) is 12.9. The fourth-order valence-corrected chi connectivity index (χ4v) is 2.04. The molecule has 1 aromatic rings. The van der Waals surface area contributed by atoms with Crippen LogP contribution in [-0.2, 0) is 6.42 Å². The van der Waals surface area contributed by atoms with Gasteiger partial charge in [-0.2, -0.15) is 0 Å². The molecular formula is C14H20N2O2. The number of carbonyl (C=O) groups is 1. The highest BCUT2D eigenvalue weighted by molar-refractivity contribution is 5.95. The number of aliphatic hydroxyl groups excluding tert-OH is 1. The third-order valence-electron chi connectivity index (χ3n) is 3.58. The van der Waals surface area contributed by atoms with Gasteiger partial charge in [-0.25, -0.2) is 0 Å². The molecule has 1 aromatic carbocycles. The van der Waals surface area contributed by atoms with Crippen molar-refractivity contribution in [2.24, 2.45) is 5.92 Å². The summed E-state index contributed by atoms with van der Waals surface area (Å²) in [6, 6.07) is 5.70. The van der Waals surface area contributed by atoms with E-state index in [4.69, 9.17) is 5.11 Å². The lowest BCUT2D eigenvalue weighted by Crippen LogP contribution is -2.38. The van der Waals surface area contributed by atoms with E-state index in [0.29, 0.717) is 5.56 Å². The maximum absolute atomic E-state index is 12.1. The van der Waals surface area contributed by atoms with Crippen molar-refractivity contribution in [3.63, 3.8) is 0 Å². The fourth-order valence-electron chi connectivity index (χ4n) is 2.04. The number of fused-ring (bicyclic) bond motifs is 1. The second-order valence-electron chi connectivity index (χ2n) is 4.97. The molecule has 0 radical (unpaired) electrons. The molecule has 1 heterocycles. The SMILES string of the molecule is CC(CO)C(C)NC(=O)c1ccc2c(c1)CCN2. The van der Waals surface area contributed by atoms with E-state index in [1.54, 1.807) is 0 Å². The molecule has 0 saturated heterocycles. The van der Waals surface area contributed by atoms with E-state index in [0.717, 1.165) is 18.7 Å². The van der Waals surface area contributed by atoms with Gasteiger partial charge in [0.1, 0.15) is 0 Å². The lowest BCUT2D eigenvalue weighted by Gasteiger charge is -2.19. The van der Waals surface area contributed by atoms with Crippen LogP contribution in [0.25, 0.3) is 0 Å². The van der Waals surface area contributed by atoms with E-state index in [1.807, 2.05) is 32.0 Å². The van der Waals surface area contributed by atoms with Crippen LogP contribution in [0.3, 0.4) is 0 Å². The predicted octanol–water partition coefficient (Wildman–Crippen LogP) is 1.40. The van der Waals surface area contributed by atoms with Crippen molar-refractivity contribution in [2.45, 2.75) is 26.3 Å². The van der Waals surface area contributed by atoms with Crippen LogP contribution in [0.1, 0.15) is 29.8 Å². The van der Waals surface area contributed by atoms with Gasteiger partial charge in [-0.15, -0.1) is 0 Å². The van der Waals surface area contributed by atoms with Crippen LogP contribution >= 0.6 is 0 Å². The number of benzene rings is 1. The Morgan fingerprint density at radius 3 is 3.00 bits per heavy atom. The van der Waals surface area contributed by atoms with Gasteiger partial charge in [0.2, 0.25) is 0 Å². The Bertz CT molecular complexity index is 445. The first-order chi connectivity index (χ1) is 8.61. The number of hydrogen-bond acceptors (Lipinski definition) is 3. The third-order valence-corrected chi connectivity index (χ3v) is 3.58. The van der Waals surface area contributed by atoms with Crippen LogP contribution in [-0.4, -0.2) is 30.2 Å². The van der Waals surface area contributed by atoms with E-state index in [9.17, 15) is 4.79 Å². The molecule has 4 nitrogen and oxygen atoms in total. The Morgan fingerprint density at radius 1 is 1.50 bits per heavy atom. The highest BCUT2D eigenvalue weighted by Gasteiger charge is 2.17. The molecule has 0 aromatic heterocycles.